The molecule has 1 saturated carbocycles. The molecule has 1 aliphatic rings. The Morgan fingerprint density at radius 1 is 1.24 bits per heavy atom. The van der Waals surface area contributed by atoms with Crippen LogP contribution in [0.15, 0.2) is 23.7 Å². The van der Waals surface area contributed by atoms with Gasteiger partial charge in [0.2, 0.25) is 0 Å². The second kappa shape index (κ2) is 6.45. The number of pyridine rings is 1. The van der Waals surface area contributed by atoms with E-state index in [9.17, 15) is 0 Å². The lowest BCUT2D eigenvalue weighted by atomic mass is 9.77. The monoisotopic (exact) mass is 302 g/mol. The van der Waals surface area contributed by atoms with Gasteiger partial charge in [0.15, 0.2) is 0 Å². The predicted molar refractivity (Wildman–Crippen MR) is 91.8 cm³/mol. The van der Waals surface area contributed by atoms with Gasteiger partial charge in [-0.3, -0.25) is 4.98 Å². The minimum atomic E-state index is 0.383. The highest BCUT2D eigenvalue weighted by Crippen LogP contribution is 2.32. The van der Waals surface area contributed by atoms with E-state index in [2.05, 4.69) is 48.6 Å². The van der Waals surface area contributed by atoms with E-state index in [0.717, 1.165) is 17.4 Å². The molecule has 3 rings (SSSR count). The molecule has 2 aromatic rings. The third kappa shape index (κ3) is 3.29. The molecule has 3 heteroatoms. The number of hydrogen-bond acceptors (Lipinski definition) is 3. The molecule has 0 amide bonds. The average Bonchev–Trinajstić information content (AvgIpc) is 2.94. The van der Waals surface area contributed by atoms with Crippen molar-refractivity contribution in [3.8, 4) is 0 Å². The summed E-state index contributed by atoms with van der Waals surface area (Å²) in [5.41, 5.74) is 2.44. The number of nitrogens with zero attached hydrogens (tertiary/aromatic N) is 1. The van der Waals surface area contributed by atoms with Gasteiger partial charge in [-0.25, -0.2) is 0 Å². The van der Waals surface area contributed by atoms with E-state index >= 15 is 0 Å². The molecule has 0 bridgehead atoms. The lowest BCUT2D eigenvalue weighted by Gasteiger charge is -2.37. The molecule has 0 radical (unpaired) electrons. The number of hydrogen-bond donors (Lipinski definition) is 1. The van der Waals surface area contributed by atoms with Crippen molar-refractivity contribution in [2.45, 2.75) is 58.5 Å². The van der Waals surface area contributed by atoms with Crippen LogP contribution in [0.25, 0.3) is 10.2 Å². The Labute approximate surface area is 132 Å². The van der Waals surface area contributed by atoms with Crippen molar-refractivity contribution >= 4 is 21.6 Å². The van der Waals surface area contributed by atoms with E-state index in [4.69, 9.17) is 0 Å². The van der Waals surface area contributed by atoms with Crippen LogP contribution in [0, 0.1) is 11.8 Å². The first-order valence-electron chi connectivity index (χ1n) is 8.24. The normalized spacial score (nSPS) is 24.6. The molecule has 0 spiro atoms. The summed E-state index contributed by atoms with van der Waals surface area (Å²) in [4.78, 5) is 4.58. The van der Waals surface area contributed by atoms with E-state index in [1.807, 2.05) is 6.20 Å². The van der Waals surface area contributed by atoms with Gasteiger partial charge in [-0.05, 0) is 54.7 Å². The summed E-state index contributed by atoms with van der Waals surface area (Å²) < 4.78 is 1.30. The van der Waals surface area contributed by atoms with Crippen LogP contribution in [0.3, 0.4) is 0 Å². The Morgan fingerprint density at radius 3 is 2.86 bits per heavy atom. The molecule has 2 heterocycles. The van der Waals surface area contributed by atoms with Crippen LogP contribution in [0.4, 0.5) is 0 Å². The fourth-order valence-electron chi connectivity index (χ4n) is 3.68. The lowest BCUT2D eigenvalue weighted by molar-refractivity contribution is 0.195. The van der Waals surface area contributed by atoms with Crippen molar-refractivity contribution in [1.82, 2.24) is 10.3 Å². The Balaban J connectivity index is 1.73. The molecular formula is C18H26N2S. The molecule has 114 valence electrons. The van der Waals surface area contributed by atoms with E-state index in [1.165, 1.54) is 35.9 Å². The summed E-state index contributed by atoms with van der Waals surface area (Å²) in [6, 6.07) is 5.44. The van der Waals surface area contributed by atoms with E-state index < -0.39 is 0 Å². The van der Waals surface area contributed by atoms with Gasteiger partial charge in [0.25, 0.3) is 0 Å². The molecule has 1 aliphatic carbocycles. The van der Waals surface area contributed by atoms with Crippen molar-refractivity contribution in [3.05, 3.63) is 29.3 Å². The van der Waals surface area contributed by atoms with Crippen LogP contribution in [0.1, 0.15) is 58.1 Å². The van der Waals surface area contributed by atoms with Gasteiger partial charge in [0.1, 0.15) is 0 Å². The summed E-state index contributed by atoms with van der Waals surface area (Å²) in [5, 5.41) is 6.01. The van der Waals surface area contributed by atoms with E-state index in [0.29, 0.717) is 12.1 Å². The summed E-state index contributed by atoms with van der Waals surface area (Å²) in [6.45, 7) is 7.02. The third-order valence-electron chi connectivity index (χ3n) is 4.96. The molecular weight excluding hydrogens is 276 g/mol. The van der Waals surface area contributed by atoms with Crippen LogP contribution >= 0.6 is 11.3 Å². The largest absolute Gasteiger partial charge is 0.307 e. The Hall–Kier alpha value is -0.930. The molecule has 3 unspecified atom stereocenters. The van der Waals surface area contributed by atoms with Crippen molar-refractivity contribution in [1.29, 1.82) is 0 Å². The van der Waals surface area contributed by atoms with Crippen LogP contribution in [0.2, 0.25) is 0 Å². The van der Waals surface area contributed by atoms with Gasteiger partial charge in [-0.2, -0.15) is 0 Å². The van der Waals surface area contributed by atoms with Gasteiger partial charge in [-0.15, -0.1) is 11.3 Å². The molecule has 0 aliphatic heterocycles. The number of thiophene rings is 1. The van der Waals surface area contributed by atoms with Crippen molar-refractivity contribution in [2.75, 3.05) is 0 Å². The number of rotatable bonds is 4. The minimum absolute atomic E-state index is 0.383. The zero-order valence-corrected chi connectivity index (χ0v) is 14.1. The zero-order valence-electron chi connectivity index (χ0n) is 13.3. The molecule has 2 nitrogen and oxygen atoms in total. The third-order valence-corrected chi connectivity index (χ3v) is 5.82. The maximum Gasteiger partial charge on any atom is 0.0809 e. The van der Waals surface area contributed by atoms with Gasteiger partial charge < -0.3 is 5.32 Å². The Bertz CT molecular complexity index is 590. The first-order valence-corrected chi connectivity index (χ1v) is 9.12. The summed E-state index contributed by atoms with van der Waals surface area (Å²) in [5.74, 6) is 1.59. The molecule has 0 saturated heterocycles. The molecule has 1 N–H and O–H groups in total. The summed E-state index contributed by atoms with van der Waals surface area (Å²) in [7, 11) is 0. The van der Waals surface area contributed by atoms with Gasteiger partial charge in [-0.1, -0.05) is 26.7 Å². The van der Waals surface area contributed by atoms with Crippen molar-refractivity contribution in [3.63, 3.8) is 0 Å². The predicted octanol–water partition coefficient (Wildman–Crippen LogP) is 5.16. The van der Waals surface area contributed by atoms with Gasteiger partial charge >= 0.3 is 0 Å². The molecule has 3 atom stereocenters. The maximum absolute atomic E-state index is 4.58. The number of fused-ring (bicyclic) bond motifs is 1. The first-order chi connectivity index (χ1) is 10.1. The SMILES string of the molecule is CC(NC1CCCCC1C(C)C)c1cnc2ccsc2c1. The number of nitrogens with one attached hydrogen (secondary N) is 1. The average molecular weight is 302 g/mol. The summed E-state index contributed by atoms with van der Waals surface area (Å²) in [6.07, 6.45) is 7.51. The highest BCUT2D eigenvalue weighted by atomic mass is 32.1. The molecule has 2 aromatic heterocycles. The fraction of sp³-hybridized carbons (Fsp3) is 0.611. The van der Waals surface area contributed by atoms with Crippen molar-refractivity contribution in [2.24, 2.45) is 11.8 Å². The quantitative estimate of drug-likeness (QED) is 0.843. The van der Waals surface area contributed by atoms with Crippen LogP contribution in [-0.4, -0.2) is 11.0 Å². The van der Waals surface area contributed by atoms with Crippen LogP contribution < -0.4 is 5.32 Å². The summed E-state index contributed by atoms with van der Waals surface area (Å²) >= 11 is 1.78. The smallest absolute Gasteiger partial charge is 0.0809 e. The topological polar surface area (TPSA) is 24.9 Å². The van der Waals surface area contributed by atoms with Crippen LogP contribution in [0.5, 0.6) is 0 Å². The van der Waals surface area contributed by atoms with Crippen molar-refractivity contribution < 1.29 is 0 Å². The number of aromatic nitrogens is 1. The van der Waals surface area contributed by atoms with E-state index in [1.54, 1.807) is 11.3 Å². The fourth-order valence-corrected chi connectivity index (χ4v) is 4.47. The first kappa shape index (κ1) is 15.0. The molecule has 1 fully saturated rings. The van der Waals surface area contributed by atoms with Crippen LogP contribution in [-0.2, 0) is 0 Å². The highest BCUT2D eigenvalue weighted by Gasteiger charge is 2.28. The Morgan fingerprint density at radius 2 is 2.05 bits per heavy atom. The minimum Gasteiger partial charge on any atom is -0.307 e. The standard InChI is InChI=1S/C18H26N2S/c1-12(2)15-6-4-5-7-16(15)20-13(3)14-10-18-17(19-11-14)8-9-21-18/h8-13,15-16,20H,4-7H2,1-3H3. The zero-order chi connectivity index (χ0) is 14.8. The van der Waals surface area contributed by atoms with Gasteiger partial charge in [0.05, 0.1) is 10.2 Å². The second-order valence-electron chi connectivity index (χ2n) is 6.76. The maximum atomic E-state index is 4.58. The second-order valence-corrected chi connectivity index (χ2v) is 7.71. The van der Waals surface area contributed by atoms with Gasteiger partial charge in [0, 0.05) is 18.3 Å². The molecule has 0 aromatic carbocycles. The highest BCUT2D eigenvalue weighted by molar-refractivity contribution is 7.17. The lowest BCUT2D eigenvalue weighted by Crippen LogP contribution is -2.42. The van der Waals surface area contributed by atoms with E-state index in [-0.39, 0.29) is 0 Å². The molecule has 21 heavy (non-hydrogen) atoms. The Kier molecular flexibility index (Phi) is 4.60.